The van der Waals surface area contributed by atoms with Gasteiger partial charge >= 0.3 is 0 Å². The van der Waals surface area contributed by atoms with E-state index in [1.54, 1.807) is 20.2 Å². The number of carbonyl (C=O) groups is 3. The number of aliphatic hydroxyl groups excluding tert-OH is 2. The second-order valence-corrected chi connectivity index (χ2v) is 10.2. The summed E-state index contributed by atoms with van der Waals surface area (Å²) in [6.07, 6.45) is 1.37. The Labute approximate surface area is 216 Å². The number of nitrogens with two attached hydrogens (primary N) is 1. The molecule has 1 aromatic heterocycles. The van der Waals surface area contributed by atoms with Crippen molar-refractivity contribution in [3.8, 4) is 16.9 Å². The van der Waals surface area contributed by atoms with Gasteiger partial charge in [0.1, 0.15) is 17.1 Å². The topological polar surface area (TPSA) is 174 Å². The van der Waals surface area contributed by atoms with Crippen LogP contribution in [-0.4, -0.2) is 73.4 Å². The predicted octanol–water partition coefficient (Wildman–Crippen LogP) is 2.01. The standard InChI is InChI=1S/C27H26FN3O7/c1-10(32)17-24(35)21(31(2)3)15-8-13-6-12-7-14(11-4-5-16(28)30-9-11)20(29)23(34)18(12)22(33)19(13)26(37)27(15,38)25(17)36/h4-5,7,9,13,15,21,34-35,37-38H,6,8,29H2,1-3H3/t13-,15-,21-,27+/m0/s1. The zero-order valence-corrected chi connectivity index (χ0v) is 20.8. The number of hydrogen-bond donors (Lipinski definition) is 5. The van der Waals surface area contributed by atoms with Crippen molar-refractivity contribution in [2.45, 2.75) is 31.4 Å². The fraction of sp³-hybridized carbons (Fsp3) is 0.333. The summed E-state index contributed by atoms with van der Waals surface area (Å²) in [6.45, 7) is 1.06. The SMILES string of the molecule is CC(=O)C1=C(O)[C@@H](N(C)C)[C@@H]2C[C@@H]3Cc4cc(-c5ccc(F)nc5)c(N)c(O)c4C(=O)C3=C(O)[C@]2(O)C1=O. The smallest absolute Gasteiger partial charge is 0.212 e. The number of fused-ring (bicyclic) bond motifs is 3. The molecule has 1 heterocycles. The third-order valence-electron chi connectivity index (χ3n) is 7.90. The third kappa shape index (κ3) is 3.31. The summed E-state index contributed by atoms with van der Waals surface area (Å²) >= 11 is 0. The van der Waals surface area contributed by atoms with Crippen LogP contribution in [0.4, 0.5) is 10.1 Å². The van der Waals surface area contributed by atoms with Crippen LogP contribution in [0.1, 0.15) is 29.3 Å². The number of phenols is 1. The first-order valence-corrected chi connectivity index (χ1v) is 11.9. The first-order valence-electron chi connectivity index (χ1n) is 11.9. The van der Waals surface area contributed by atoms with Crippen molar-refractivity contribution >= 4 is 23.0 Å². The molecule has 0 unspecified atom stereocenters. The quantitative estimate of drug-likeness (QED) is 0.173. The van der Waals surface area contributed by atoms with Crippen molar-refractivity contribution in [1.82, 2.24) is 9.88 Å². The molecular formula is C27H26FN3O7. The minimum absolute atomic E-state index is 0.00345. The highest BCUT2D eigenvalue weighted by Gasteiger charge is 2.63. The van der Waals surface area contributed by atoms with E-state index in [1.165, 1.54) is 17.2 Å². The molecule has 38 heavy (non-hydrogen) atoms. The Morgan fingerprint density at radius 2 is 1.89 bits per heavy atom. The van der Waals surface area contributed by atoms with Crippen LogP contribution in [0.2, 0.25) is 0 Å². The maximum Gasteiger partial charge on any atom is 0.212 e. The lowest BCUT2D eigenvalue weighted by Gasteiger charge is -2.50. The summed E-state index contributed by atoms with van der Waals surface area (Å²) in [7, 11) is 3.19. The molecule has 0 saturated carbocycles. The van der Waals surface area contributed by atoms with Crippen LogP contribution in [0.15, 0.2) is 47.1 Å². The van der Waals surface area contributed by atoms with E-state index in [9.17, 15) is 39.2 Å². The van der Waals surface area contributed by atoms with Crippen LogP contribution in [0.5, 0.6) is 5.75 Å². The number of aliphatic hydroxyl groups is 3. The van der Waals surface area contributed by atoms with Gasteiger partial charge in [-0.3, -0.25) is 19.3 Å². The van der Waals surface area contributed by atoms with Crippen LogP contribution in [0.25, 0.3) is 11.1 Å². The molecule has 10 nitrogen and oxygen atoms in total. The molecule has 3 aliphatic rings. The number of pyridine rings is 1. The average molecular weight is 524 g/mol. The van der Waals surface area contributed by atoms with Gasteiger partial charge in [-0.25, -0.2) is 4.98 Å². The normalized spacial score (nSPS) is 26.8. The number of Topliss-reactive ketones (excluding diaryl/α,β-unsaturated/α-hetero) is 3. The molecule has 11 heteroatoms. The maximum absolute atomic E-state index is 13.7. The Morgan fingerprint density at radius 3 is 2.47 bits per heavy atom. The molecule has 6 N–H and O–H groups in total. The second kappa shape index (κ2) is 8.47. The molecule has 4 atom stereocenters. The minimum Gasteiger partial charge on any atom is -0.510 e. The number of carbonyl (C=O) groups excluding carboxylic acids is 3. The molecule has 0 amide bonds. The zero-order valence-electron chi connectivity index (χ0n) is 20.8. The van der Waals surface area contributed by atoms with Gasteiger partial charge in [-0.1, -0.05) is 0 Å². The third-order valence-corrected chi connectivity index (χ3v) is 7.90. The van der Waals surface area contributed by atoms with Crippen LogP contribution >= 0.6 is 0 Å². The van der Waals surface area contributed by atoms with Gasteiger partial charge in [0, 0.05) is 28.8 Å². The highest BCUT2D eigenvalue weighted by molar-refractivity contribution is 6.25. The number of hydrogen-bond acceptors (Lipinski definition) is 10. The van der Waals surface area contributed by atoms with Gasteiger partial charge in [0.2, 0.25) is 11.7 Å². The fourth-order valence-electron chi connectivity index (χ4n) is 6.20. The predicted molar refractivity (Wildman–Crippen MR) is 133 cm³/mol. The van der Waals surface area contributed by atoms with Gasteiger partial charge < -0.3 is 26.2 Å². The molecule has 5 rings (SSSR count). The molecular weight excluding hydrogens is 497 g/mol. The number of nitrogen functional groups attached to an aromatic ring is 1. The number of nitrogens with zero attached hydrogens (tertiary/aromatic N) is 2. The first kappa shape index (κ1) is 25.6. The number of benzene rings is 1. The van der Waals surface area contributed by atoms with Gasteiger partial charge in [0.05, 0.1) is 17.3 Å². The van der Waals surface area contributed by atoms with Crippen molar-refractivity contribution < 1.29 is 39.2 Å². The minimum atomic E-state index is -2.64. The number of likely N-dealkylation sites (N-methyl/N-ethyl adjacent to an activating group) is 1. The van der Waals surface area contributed by atoms with Gasteiger partial charge in [-0.15, -0.1) is 0 Å². The number of ketones is 3. The van der Waals surface area contributed by atoms with Gasteiger partial charge in [-0.05, 0) is 63.5 Å². The number of anilines is 1. The average Bonchev–Trinajstić information content (AvgIpc) is 2.83. The van der Waals surface area contributed by atoms with E-state index in [-0.39, 0.29) is 29.7 Å². The molecule has 0 bridgehead atoms. The van der Waals surface area contributed by atoms with E-state index in [1.807, 2.05) is 0 Å². The van der Waals surface area contributed by atoms with Gasteiger partial charge in [0.15, 0.2) is 22.9 Å². The van der Waals surface area contributed by atoms with E-state index < -0.39 is 69.6 Å². The zero-order chi connectivity index (χ0) is 27.8. The molecule has 0 radical (unpaired) electrons. The Morgan fingerprint density at radius 1 is 1.21 bits per heavy atom. The molecule has 3 aliphatic carbocycles. The van der Waals surface area contributed by atoms with E-state index in [0.29, 0.717) is 16.7 Å². The molecule has 1 aromatic carbocycles. The highest BCUT2D eigenvalue weighted by atomic mass is 19.1. The number of phenolic OH excluding ortho intramolecular Hbond substituents is 1. The van der Waals surface area contributed by atoms with E-state index in [2.05, 4.69) is 4.98 Å². The van der Waals surface area contributed by atoms with E-state index >= 15 is 0 Å². The van der Waals surface area contributed by atoms with Crippen molar-refractivity contribution in [1.29, 1.82) is 0 Å². The summed E-state index contributed by atoms with van der Waals surface area (Å²) in [5.74, 6) is -7.22. The summed E-state index contributed by atoms with van der Waals surface area (Å²) in [5.41, 5.74) is 3.40. The van der Waals surface area contributed by atoms with Crippen molar-refractivity contribution in [3.63, 3.8) is 0 Å². The van der Waals surface area contributed by atoms with Crippen LogP contribution in [0.3, 0.4) is 0 Å². The molecule has 0 fully saturated rings. The van der Waals surface area contributed by atoms with Crippen LogP contribution in [-0.2, 0) is 16.0 Å². The Bertz CT molecular complexity index is 1490. The van der Waals surface area contributed by atoms with Gasteiger partial charge in [0.25, 0.3) is 0 Å². The molecule has 0 spiro atoms. The lowest BCUT2D eigenvalue weighted by molar-refractivity contribution is -0.148. The van der Waals surface area contributed by atoms with Crippen LogP contribution < -0.4 is 5.73 Å². The second-order valence-electron chi connectivity index (χ2n) is 10.2. The Kier molecular flexibility index (Phi) is 5.69. The van der Waals surface area contributed by atoms with Crippen molar-refractivity contribution in [2.75, 3.05) is 19.8 Å². The molecule has 2 aromatic rings. The van der Waals surface area contributed by atoms with Crippen LogP contribution in [0, 0.1) is 17.8 Å². The fourth-order valence-corrected chi connectivity index (χ4v) is 6.20. The monoisotopic (exact) mass is 523 g/mol. The van der Waals surface area contributed by atoms with E-state index in [4.69, 9.17) is 5.73 Å². The molecule has 0 saturated heterocycles. The highest BCUT2D eigenvalue weighted by Crippen LogP contribution is 2.53. The molecule has 198 valence electrons. The lowest BCUT2D eigenvalue weighted by Crippen LogP contribution is -2.63. The van der Waals surface area contributed by atoms with E-state index in [0.717, 1.165) is 13.0 Å². The number of halogens is 1. The Hall–Kier alpha value is -4.09. The Balaban J connectivity index is 1.70. The summed E-state index contributed by atoms with van der Waals surface area (Å²) in [6, 6.07) is 3.15. The number of aromatic nitrogens is 1. The molecule has 0 aliphatic heterocycles. The largest absolute Gasteiger partial charge is 0.510 e. The summed E-state index contributed by atoms with van der Waals surface area (Å²) in [5, 5.41) is 44.8. The van der Waals surface area contributed by atoms with Crippen molar-refractivity contribution in [2.24, 2.45) is 11.8 Å². The summed E-state index contributed by atoms with van der Waals surface area (Å²) in [4.78, 5) is 44.5. The maximum atomic E-state index is 13.7. The number of allylic oxidation sites excluding steroid dienone is 1. The lowest BCUT2D eigenvalue weighted by atomic mass is 9.58. The summed E-state index contributed by atoms with van der Waals surface area (Å²) < 4.78 is 13.4. The van der Waals surface area contributed by atoms with Gasteiger partial charge in [-0.2, -0.15) is 4.39 Å². The first-order chi connectivity index (χ1) is 17.8. The number of aromatic hydroxyl groups is 1. The van der Waals surface area contributed by atoms with Crippen molar-refractivity contribution in [3.05, 3.63) is 64.1 Å². The number of rotatable bonds is 3.